The second-order valence-electron chi connectivity index (χ2n) is 8.53. The van der Waals surface area contributed by atoms with Gasteiger partial charge in [0.1, 0.15) is 0 Å². The Morgan fingerprint density at radius 2 is 0.806 bits per heavy atom. The summed E-state index contributed by atoms with van der Waals surface area (Å²) in [5.41, 5.74) is 5.78. The van der Waals surface area contributed by atoms with Gasteiger partial charge in [-0.15, -0.1) is 0 Å². The van der Waals surface area contributed by atoms with Crippen LogP contribution in [0, 0.1) is 0 Å². The van der Waals surface area contributed by atoms with Crippen molar-refractivity contribution in [1.29, 1.82) is 0 Å². The van der Waals surface area contributed by atoms with Crippen LogP contribution in [0.4, 0.5) is 0 Å². The summed E-state index contributed by atoms with van der Waals surface area (Å²) in [5, 5.41) is 0. The molecule has 2 atom stereocenters. The van der Waals surface area contributed by atoms with Gasteiger partial charge in [-0.05, 0) is 0 Å². The first kappa shape index (κ1) is 18.9. The summed E-state index contributed by atoms with van der Waals surface area (Å²) in [6.07, 6.45) is 9.77. The second kappa shape index (κ2) is 7.69. The standard InChI is InChI=1S/2C9H7.2C6H5.Sn/c2*1-2-5-9-7-3-6-8(9)4-1;2*1-2-4-6-5-3-1;/h2*1-7H;2*1-5H;. The summed E-state index contributed by atoms with van der Waals surface area (Å²) in [6, 6.07) is 40.9. The molecule has 0 unspecified atom stereocenters. The summed E-state index contributed by atoms with van der Waals surface area (Å²) in [4.78, 5) is 0. The molecule has 2 aliphatic rings. The van der Waals surface area contributed by atoms with Gasteiger partial charge in [-0.2, -0.15) is 0 Å². The summed E-state index contributed by atoms with van der Waals surface area (Å²) in [6.45, 7) is 0. The van der Waals surface area contributed by atoms with Gasteiger partial charge in [0.25, 0.3) is 0 Å². The second-order valence-corrected chi connectivity index (χ2v) is 20.3. The molecular formula is C30H24Sn. The molecule has 0 nitrogen and oxygen atoms in total. The number of hydrogen-bond acceptors (Lipinski definition) is 0. The van der Waals surface area contributed by atoms with Crippen LogP contribution in [0.25, 0.3) is 12.2 Å². The van der Waals surface area contributed by atoms with Crippen molar-refractivity contribution in [2.45, 2.75) is 7.87 Å². The first-order valence-electron chi connectivity index (χ1n) is 11.0. The fourth-order valence-corrected chi connectivity index (χ4v) is 22.8. The Morgan fingerprint density at radius 3 is 1.26 bits per heavy atom. The van der Waals surface area contributed by atoms with Crippen molar-refractivity contribution in [2.75, 3.05) is 0 Å². The van der Waals surface area contributed by atoms with E-state index in [0.717, 1.165) is 0 Å². The zero-order valence-electron chi connectivity index (χ0n) is 17.4. The predicted octanol–water partition coefficient (Wildman–Crippen LogP) is 5.95. The van der Waals surface area contributed by atoms with Gasteiger partial charge in [-0.3, -0.25) is 0 Å². The molecule has 0 saturated carbocycles. The molecule has 0 bridgehead atoms. The average molecular weight is 503 g/mol. The van der Waals surface area contributed by atoms with E-state index < -0.39 is 18.4 Å². The van der Waals surface area contributed by atoms with Gasteiger partial charge in [0, 0.05) is 0 Å². The van der Waals surface area contributed by atoms with Crippen molar-refractivity contribution in [3.8, 4) is 0 Å². The van der Waals surface area contributed by atoms with Gasteiger partial charge in [0.2, 0.25) is 0 Å². The molecule has 0 aliphatic heterocycles. The summed E-state index contributed by atoms with van der Waals surface area (Å²) in [5.74, 6) is 0. The van der Waals surface area contributed by atoms with Crippen molar-refractivity contribution in [3.63, 3.8) is 0 Å². The molecule has 0 aromatic heterocycles. The van der Waals surface area contributed by atoms with E-state index in [2.05, 4.69) is 133 Å². The molecule has 4 aromatic rings. The summed E-state index contributed by atoms with van der Waals surface area (Å²) in [7, 11) is 0. The van der Waals surface area contributed by atoms with Crippen molar-refractivity contribution in [3.05, 3.63) is 144 Å². The third-order valence-electron chi connectivity index (χ3n) is 7.08. The maximum atomic E-state index is 2.52. The van der Waals surface area contributed by atoms with Gasteiger partial charge in [0.05, 0.1) is 0 Å². The Labute approximate surface area is 188 Å². The SMILES string of the molecule is C1=C[C@@H]([Sn]([c]2ccccc2)([c]2ccccc2)[C@@H]2C=Cc3ccccc32)c2ccccc21. The van der Waals surface area contributed by atoms with E-state index in [9.17, 15) is 0 Å². The van der Waals surface area contributed by atoms with Gasteiger partial charge < -0.3 is 0 Å². The molecule has 1 heteroatoms. The maximum absolute atomic E-state index is 3.44. The van der Waals surface area contributed by atoms with Crippen LogP contribution in [0.15, 0.2) is 121 Å². The molecular weight excluding hydrogens is 479 g/mol. The molecule has 0 fully saturated rings. The van der Waals surface area contributed by atoms with Crippen LogP contribution < -0.4 is 7.16 Å². The molecule has 0 amide bonds. The Kier molecular flexibility index (Phi) is 4.69. The first-order chi connectivity index (χ1) is 15.4. The summed E-state index contributed by atoms with van der Waals surface area (Å²) < 4.78 is 4.05. The molecule has 2 aliphatic carbocycles. The number of fused-ring (bicyclic) bond motifs is 2. The minimum atomic E-state index is -3.44. The minimum absolute atomic E-state index is 0.455. The van der Waals surface area contributed by atoms with Gasteiger partial charge in [0.15, 0.2) is 0 Å². The molecule has 4 aromatic carbocycles. The van der Waals surface area contributed by atoms with E-state index in [1.807, 2.05) is 0 Å². The van der Waals surface area contributed by atoms with Crippen LogP contribution in [0.2, 0.25) is 0 Å². The number of hydrogen-bond donors (Lipinski definition) is 0. The zero-order valence-corrected chi connectivity index (χ0v) is 20.2. The number of allylic oxidation sites excluding steroid dienone is 2. The van der Waals surface area contributed by atoms with Crippen molar-refractivity contribution < 1.29 is 0 Å². The third kappa shape index (κ3) is 2.89. The van der Waals surface area contributed by atoms with Crippen molar-refractivity contribution in [2.24, 2.45) is 0 Å². The Balaban J connectivity index is 1.70. The molecule has 31 heavy (non-hydrogen) atoms. The Bertz CT molecular complexity index is 1180. The van der Waals surface area contributed by atoms with Crippen LogP contribution in [0.1, 0.15) is 30.1 Å². The van der Waals surface area contributed by atoms with Gasteiger partial charge >= 0.3 is 189 Å². The zero-order chi connectivity index (χ0) is 20.7. The van der Waals surface area contributed by atoms with E-state index >= 15 is 0 Å². The first-order valence-corrected chi connectivity index (χ1v) is 17.2. The van der Waals surface area contributed by atoms with Crippen LogP contribution >= 0.6 is 0 Å². The molecule has 0 heterocycles. The number of benzene rings is 4. The molecule has 0 spiro atoms. The van der Waals surface area contributed by atoms with E-state index in [0.29, 0.717) is 7.87 Å². The molecule has 148 valence electrons. The fourth-order valence-electron chi connectivity index (χ4n) is 5.80. The average Bonchev–Trinajstić information content (AvgIpc) is 3.47. The van der Waals surface area contributed by atoms with Gasteiger partial charge in [-0.1, -0.05) is 0 Å². The summed E-state index contributed by atoms with van der Waals surface area (Å²) >= 11 is -3.44. The van der Waals surface area contributed by atoms with E-state index in [4.69, 9.17) is 0 Å². The van der Waals surface area contributed by atoms with E-state index in [-0.39, 0.29) is 0 Å². The van der Waals surface area contributed by atoms with E-state index in [1.165, 1.54) is 22.3 Å². The fraction of sp³-hybridized carbons (Fsp3) is 0.0667. The normalized spacial score (nSPS) is 18.7. The topological polar surface area (TPSA) is 0 Å². The third-order valence-corrected chi connectivity index (χ3v) is 22.9. The predicted molar refractivity (Wildman–Crippen MR) is 134 cm³/mol. The van der Waals surface area contributed by atoms with Crippen LogP contribution in [-0.2, 0) is 0 Å². The van der Waals surface area contributed by atoms with Crippen LogP contribution in [-0.4, -0.2) is 18.4 Å². The molecule has 0 saturated heterocycles. The van der Waals surface area contributed by atoms with Crippen LogP contribution in [0.5, 0.6) is 0 Å². The Morgan fingerprint density at radius 1 is 0.419 bits per heavy atom. The monoisotopic (exact) mass is 504 g/mol. The number of rotatable bonds is 4. The molecule has 0 radical (unpaired) electrons. The van der Waals surface area contributed by atoms with Gasteiger partial charge in [-0.25, -0.2) is 0 Å². The Hall–Kier alpha value is -2.84. The van der Waals surface area contributed by atoms with Crippen molar-refractivity contribution >= 4 is 37.7 Å². The quantitative estimate of drug-likeness (QED) is 0.302. The molecule has 6 rings (SSSR count). The van der Waals surface area contributed by atoms with E-state index in [1.54, 1.807) is 7.16 Å². The van der Waals surface area contributed by atoms with Crippen LogP contribution in [0.3, 0.4) is 0 Å². The molecule has 0 N–H and O–H groups in total. The van der Waals surface area contributed by atoms with Crippen molar-refractivity contribution in [1.82, 2.24) is 0 Å².